The van der Waals surface area contributed by atoms with Gasteiger partial charge in [0, 0.05) is 20.2 Å². The maximum atomic E-state index is 11.9. The van der Waals surface area contributed by atoms with Crippen LogP contribution < -0.4 is 5.32 Å². The molecule has 0 radical (unpaired) electrons. The zero-order chi connectivity index (χ0) is 14.3. The Bertz CT molecular complexity index is 309. The molecule has 1 saturated heterocycles. The van der Waals surface area contributed by atoms with E-state index in [9.17, 15) is 9.59 Å². The van der Waals surface area contributed by atoms with Crippen LogP contribution in [0.5, 0.6) is 0 Å². The first-order chi connectivity index (χ1) is 9.10. The normalized spacial score (nSPS) is 21.7. The van der Waals surface area contributed by atoms with E-state index in [0.717, 1.165) is 19.4 Å². The second kappa shape index (κ2) is 8.12. The van der Waals surface area contributed by atoms with Crippen LogP contribution in [0.25, 0.3) is 0 Å². The maximum Gasteiger partial charge on any atom is 0.309 e. The van der Waals surface area contributed by atoms with E-state index in [1.807, 2.05) is 11.8 Å². The van der Waals surface area contributed by atoms with Gasteiger partial charge in [0.05, 0.1) is 25.7 Å². The minimum absolute atomic E-state index is 0.0254. The third kappa shape index (κ3) is 4.80. The van der Waals surface area contributed by atoms with E-state index in [-0.39, 0.29) is 23.8 Å². The van der Waals surface area contributed by atoms with E-state index < -0.39 is 0 Å². The third-order valence-electron chi connectivity index (χ3n) is 3.52. The molecule has 0 aromatic heterocycles. The van der Waals surface area contributed by atoms with Crippen LogP contribution in [0.4, 0.5) is 0 Å². The number of rotatable bonds is 6. The highest BCUT2D eigenvalue weighted by molar-refractivity contribution is 5.81. The van der Waals surface area contributed by atoms with Gasteiger partial charge in [-0.3, -0.25) is 14.5 Å². The fourth-order valence-electron chi connectivity index (χ4n) is 2.31. The zero-order valence-corrected chi connectivity index (χ0v) is 12.0. The summed E-state index contributed by atoms with van der Waals surface area (Å²) < 4.78 is 9.67. The lowest BCUT2D eigenvalue weighted by Gasteiger charge is -2.34. The van der Waals surface area contributed by atoms with Crippen molar-refractivity contribution in [2.45, 2.75) is 25.8 Å². The molecule has 1 fully saturated rings. The van der Waals surface area contributed by atoms with Crippen molar-refractivity contribution in [3.05, 3.63) is 0 Å². The molecule has 1 aliphatic rings. The molecule has 110 valence electrons. The van der Waals surface area contributed by atoms with E-state index >= 15 is 0 Å². The fourth-order valence-corrected chi connectivity index (χ4v) is 2.31. The minimum Gasteiger partial charge on any atom is -0.469 e. The van der Waals surface area contributed by atoms with Crippen molar-refractivity contribution in [2.24, 2.45) is 5.92 Å². The Morgan fingerprint density at radius 1 is 1.42 bits per heavy atom. The molecule has 1 aliphatic heterocycles. The molecule has 0 aliphatic carbocycles. The summed E-state index contributed by atoms with van der Waals surface area (Å²) >= 11 is 0. The van der Waals surface area contributed by atoms with Crippen molar-refractivity contribution in [2.75, 3.05) is 40.5 Å². The van der Waals surface area contributed by atoms with Crippen molar-refractivity contribution in [1.82, 2.24) is 10.2 Å². The summed E-state index contributed by atoms with van der Waals surface area (Å²) in [6.45, 7) is 4.30. The van der Waals surface area contributed by atoms with E-state index in [0.29, 0.717) is 19.7 Å². The lowest BCUT2D eigenvalue weighted by atomic mass is 9.97. The predicted molar refractivity (Wildman–Crippen MR) is 70.7 cm³/mol. The number of nitrogens with zero attached hydrogens (tertiary/aromatic N) is 1. The van der Waals surface area contributed by atoms with Gasteiger partial charge in [0.1, 0.15) is 0 Å². The Kier molecular flexibility index (Phi) is 6.80. The molecule has 2 atom stereocenters. The number of nitrogens with one attached hydrogen (secondary N) is 1. The minimum atomic E-state index is -0.232. The smallest absolute Gasteiger partial charge is 0.309 e. The molecular formula is C13H24N2O4. The van der Waals surface area contributed by atoms with Gasteiger partial charge in [-0.05, 0) is 26.3 Å². The topological polar surface area (TPSA) is 67.9 Å². The standard InChI is InChI=1S/C13H24N2O4/c1-10(12(16)14-6-8-18-2)15-7-4-5-11(9-15)13(17)19-3/h10-11H,4-9H2,1-3H3,(H,14,16)/t10?,11-/m0/s1. The van der Waals surface area contributed by atoms with Gasteiger partial charge < -0.3 is 14.8 Å². The first-order valence-electron chi connectivity index (χ1n) is 6.68. The molecule has 19 heavy (non-hydrogen) atoms. The Labute approximate surface area is 114 Å². The van der Waals surface area contributed by atoms with E-state index in [4.69, 9.17) is 9.47 Å². The number of carbonyl (C=O) groups excluding carboxylic acids is 2. The lowest BCUT2D eigenvalue weighted by Crippen LogP contribution is -2.50. The average molecular weight is 272 g/mol. The van der Waals surface area contributed by atoms with Crippen molar-refractivity contribution in [3.8, 4) is 0 Å². The first kappa shape index (κ1) is 15.9. The molecule has 0 aromatic carbocycles. The number of amides is 1. The largest absolute Gasteiger partial charge is 0.469 e. The van der Waals surface area contributed by atoms with Gasteiger partial charge in [-0.2, -0.15) is 0 Å². The third-order valence-corrected chi connectivity index (χ3v) is 3.52. The first-order valence-corrected chi connectivity index (χ1v) is 6.68. The SMILES string of the molecule is COCCNC(=O)C(C)N1CCC[C@H](C(=O)OC)C1. The number of hydrogen-bond acceptors (Lipinski definition) is 5. The summed E-state index contributed by atoms with van der Waals surface area (Å²) in [4.78, 5) is 25.5. The lowest BCUT2D eigenvalue weighted by molar-refractivity contribution is -0.148. The molecule has 0 aromatic rings. The molecule has 1 rings (SSSR count). The zero-order valence-electron chi connectivity index (χ0n) is 12.0. The highest BCUT2D eigenvalue weighted by atomic mass is 16.5. The molecule has 0 spiro atoms. The van der Waals surface area contributed by atoms with Crippen LogP contribution >= 0.6 is 0 Å². The van der Waals surface area contributed by atoms with Crippen molar-refractivity contribution in [1.29, 1.82) is 0 Å². The summed E-state index contributed by atoms with van der Waals surface area (Å²) in [5.74, 6) is -0.327. The van der Waals surface area contributed by atoms with Crippen LogP contribution in [0.15, 0.2) is 0 Å². The summed E-state index contributed by atoms with van der Waals surface area (Å²) in [7, 11) is 3.00. The number of ether oxygens (including phenoxy) is 2. The molecule has 1 unspecified atom stereocenters. The van der Waals surface area contributed by atoms with Crippen LogP contribution in [0.1, 0.15) is 19.8 Å². The summed E-state index contributed by atoms with van der Waals surface area (Å²) in [6.07, 6.45) is 1.75. The van der Waals surface area contributed by atoms with E-state index in [1.165, 1.54) is 7.11 Å². The maximum absolute atomic E-state index is 11.9. The van der Waals surface area contributed by atoms with Crippen molar-refractivity contribution < 1.29 is 19.1 Å². The quantitative estimate of drug-likeness (QED) is 0.545. The van der Waals surface area contributed by atoms with Crippen molar-refractivity contribution in [3.63, 3.8) is 0 Å². The molecule has 6 heteroatoms. The van der Waals surface area contributed by atoms with E-state index in [2.05, 4.69) is 5.32 Å². The van der Waals surface area contributed by atoms with Gasteiger partial charge in [0.15, 0.2) is 0 Å². The van der Waals surface area contributed by atoms with Crippen LogP contribution in [0.3, 0.4) is 0 Å². The molecular weight excluding hydrogens is 248 g/mol. The molecule has 1 amide bonds. The van der Waals surface area contributed by atoms with Crippen molar-refractivity contribution >= 4 is 11.9 Å². The van der Waals surface area contributed by atoms with Gasteiger partial charge in [0.25, 0.3) is 0 Å². The van der Waals surface area contributed by atoms with Gasteiger partial charge >= 0.3 is 5.97 Å². The second-order valence-corrected chi connectivity index (χ2v) is 4.82. The Balaban J connectivity index is 2.44. The fraction of sp³-hybridized carbons (Fsp3) is 0.846. The highest BCUT2D eigenvalue weighted by Crippen LogP contribution is 2.19. The molecule has 6 nitrogen and oxygen atoms in total. The number of esters is 1. The predicted octanol–water partition coefficient (Wildman–Crippen LogP) is 0.0225. The second-order valence-electron chi connectivity index (χ2n) is 4.82. The van der Waals surface area contributed by atoms with E-state index in [1.54, 1.807) is 7.11 Å². The Morgan fingerprint density at radius 3 is 2.79 bits per heavy atom. The van der Waals surface area contributed by atoms with Crippen LogP contribution in [0.2, 0.25) is 0 Å². The Morgan fingerprint density at radius 2 is 2.16 bits per heavy atom. The van der Waals surface area contributed by atoms with Crippen LogP contribution in [0, 0.1) is 5.92 Å². The number of carbonyl (C=O) groups is 2. The number of hydrogen-bond donors (Lipinski definition) is 1. The van der Waals surface area contributed by atoms with Crippen LogP contribution in [-0.2, 0) is 19.1 Å². The number of piperidine rings is 1. The summed E-state index contributed by atoms with van der Waals surface area (Å²) in [5, 5.41) is 2.82. The number of likely N-dealkylation sites (tertiary alicyclic amines) is 1. The van der Waals surface area contributed by atoms with Gasteiger partial charge in [-0.15, -0.1) is 0 Å². The Hall–Kier alpha value is -1.14. The monoisotopic (exact) mass is 272 g/mol. The number of methoxy groups -OCH3 is 2. The highest BCUT2D eigenvalue weighted by Gasteiger charge is 2.31. The molecule has 0 saturated carbocycles. The average Bonchev–Trinajstić information content (AvgIpc) is 2.45. The van der Waals surface area contributed by atoms with Gasteiger partial charge in [-0.1, -0.05) is 0 Å². The van der Waals surface area contributed by atoms with Crippen LogP contribution in [-0.4, -0.2) is 63.3 Å². The molecule has 1 heterocycles. The molecule has 0 bridgehead atoms. The summed E-state index contributed by atoms with van der Waals surface area (Å²) in [5.41, 5.74) is 0. The van der Waals surface area contributed by atoms with Gasteiger partial charge in [-0.25, -0.2) is 0 Å². The van der Waals surface area contributed by atoms with Gasteiger partial charge in [0.2, 0.25) is 5.91 Å². The molecule has 1 N–H and O–H groups in total. The summed E-state index contributed by atoms with van der Waals surface area (Å²) in [6, 6.07) is -0.232.